The largest absolute Gasteiger partial charge is 0.354 e. The molecule has 0 aromatic rings. The predicted molar refractivity (Wildman–Crippen MR) is 38.1 cm³/mol. The number of nitrogens with one attached hydrogen (secondary N) is 1. The number of likely N-dealkylation sites (N-methyl/N-ethyl adjacent to an activating group) is 1. The highest BCUT2D eigenvalue weighted by molar-refractivity contribution is 5.80. The Morgan fingerprint density at radius 1 is 1.50 bits per heavy atom. The zero-order chi connectivity index (χ0) is 7.98. The third-order valence-electron chi connectivity index (χ3n) is 1.19. The highest BCUT2D eigenvalue weighted by Crippen LogP contribution is 1.95. The molecule has 0 aromatic carbocycles. The Bertz CT molecular complexity index is 104. The number of hydrogen-bond donors (Lipinski definition) is 1. The van der Waals surface area contributed by atoms with Gasteiger partial charge in [-0.25, -0.2) is 5.11 Å². The minimum Gasteiger partial charge on any atom is -0.354 e. The van der Waals surface area contributed by atoms with E-state index in [0.29, 0.717) is 13.0 Å². The second-order valence-corrected chi connectivity index (χ2v) is 2.17. The topological polar surface area (TPSA) is 49.0 Å². The first kappa shape index (κ1) is 9.43. The van der Waals surface area contributed by atoms with Crippen LogP contribution in [0.2, 0.25) is 0 Å². The summed E-state index contributed by atoms with van der Waals surface area (Å²) >= 11 is 0. The van der Waals surface area contributed by atoms with Gasteiger partial charge in [0.2, 0.25) is 0 Å². The average molecular weight is 144 g/mol. The molecule has 3 heteroatoms. The second-order valence-electron chi connectivity index (χ2n) is 2.17. The Morgan fingerprint density at radius 2 is 2.10 bits per heavy atom. The predicted octanol–water partition coefficient (Wildman–Crippen LogP) is 0.722. The van der Waals surface area contributed by atoms with Crippen LogP contribution in [0, 0.1) is 0 Å². The number of carbonyl (C=O) groups is 1. The minimum atomic E-state index is -1.06. The molecule has 1 unspecified atom stereocenters. The first-order chi connectivity index (χ1) is 4.72. The van der Waals surface area contributed by atoms with Gasteiger partial charge in [-0.1, -0.05) is 13.3 Å². The molecule has 0 saturated carbocycles. The van der Waals surface area contributed by atoms with Crippen molar-refractivity contribution in [1.82, 2.24) is 5.32 Å². The van der Waals surface area contributed by atoms with Crippen molar-refractivity contribution in [3.63, 3.8) is 0 Å². The molecule has 1 amide bonds. The molecule has 59 valence electrons. The van der Waals surface area contributed by atoms with Gasteiger partial charge in [0.05, 0.1) is 0 Å². The molecule has 1 N–H and O–H groups in total. The SMILES string of the molecule is CCCC([O])C(=O)NCC. The monoisotopic (exact) mass is 144 g/mol. The maximum absolute atomic E-state index is 10.8. The quantitative estimate of drug-likeness (QED) is 0.621. The van der Waals surface area contributed by atoms with E-state index in [1.165, 1.54) is 0 Å². The van der Waals surface area contributed by atoms with Crippen LogP contribution in [0.3, 0.4) is 0 Å². The molecule has 0 spiro atoms. The third-order valence-corrected chi connectivity index (χ3v) is 1.19. The van der Waals surface area contributed by atoms with Crippen molar-refractivity contribution in [3.8, 4) is 0 Å². The molecular weight excluding hydrogens is 130 g/mol. The first-order valence-electron chi connectivity index (χ1n) is 3.65. The van der Waals surface area contributed by atoms with Crippen LogP contribution in [0.15, 0.2) is 0 Å². The molecule has 1 radical (unpaired) electrons. The van der Waals surface area contributed by atoms with Crippen molar-refractivity contribution in [1.29, 1.82) is 0 Å². The first-order valence-corrected chi connectivity index (χ1v) is 3.65. The summed E-state index contributed by atoms with van der Waals surface area (Å²) in [5, 5.41) is 13.3. The van der Waals surface area contributed by atoms with Crippen LogP contribution >= 0.6 is 0 Å². The Labute approximate surface area is 61.4 Å². The lowest BCUT2D eigenvalue weighted by molar-refractivity contribution is -0.132. The number of hydrogen-bond acceptors (Lipinski definition) is 1. The molecule has 1 atom stereocenters. The molecule has 0 rings (SSSR count). The third kappa shape index (κ3) is 3.45. The van der Waals surface area contributed by atoms with Crippen LogP contribution in [-0.2, 0) is 9.90 Å². The van der Waals surface area contributed by atoms with Gasteiger partial charge < -0.3 is 5.32 Å². The van der Waals surface area contributed by atoms with E-state index in [4.69, 9.17) is 0 Å². The van der Waals surface area contributed by atoms with E-state index < -0.39 is 6.10 Å². The van der Waals surface area contributed by atoms with Crippen molar-refractivity contribution < 1.29 is 9.90 Å². The van der Waals surface area contributed by atoms with Crippen molar-refractivity contribution in [2.24, 2.45) is 0 Å². The van der Waals surface area contributed by atoms with Gasteiger partial charge in [0, 0.05) is 6.54 Å². The molecule has 0 aliphatic carbocycles. The van der Waals surface area contributed by atoms with Gasteiger partial charge >= 0.3 is 0 Å². The fourth-order valence-electron chi connectivity index (χ4n) is 0.681. The van der Waals surface area contributed by atoms with E-state index in [2.05, 4.69) is 5.32 Å². The minimum absolute atomic E-state index is 0.371. The lowest BCUT2D eigenvalue weighted by atomic mass is 10.2. The number of carbonyl (C=O) groups excluding carboxylic acids is 1. The molecule has 0 aliphatic heterocycles. The molecule has 0 aromatic heterocycles. The fourth-order valence-corrected chi connectivity index (χ4v) is 0.681. The summed E-state index contributed by atoms with van der Waals surface area (Å²) in [4.78, 5) is 10.7. The van der Waals surface area contributed by atoms with Gasteiger partial charge in [0.15, 0.2) is 6.10 Å². The Balaban J connectivity index is 3.49. The second kappa shape index (κ2) is 5.23. The van der Waals surface area contributed by atoms with E-state index in [9.17, 15) is 9.90 Å². The number of amides is 1. The van der Waals surface area contributed by atoms with Gasteiger partial charge in [0.1, 0.15) is 0 Å². The van der Waals surface area contributed by atoms with E-state index in [-0.39, 0.29) is 5.91 Å². The highest BCUT2D eigenvalue weighted by atomic mass is 16.3. The Hall–Kier alpha value is -0.570. The Kier molecular flexibility index (Phi) is 4.94. The molecular formula is C7H14NO2. The van der Waals surface area contributed by atoms with Crippen molar-refractivity contribution >= 4 is 5.91 Å². The maximum Gasteiger partial charge on any atom is 0.252 e. The Morgan fingerprint density at radius 3 is 2.50 bits per heavy atom. The summed E-state index contributed by atoms with van der Waals surface area (Å²) in [7, 11) is 0. The van der Waals surface area contributed by atoms with Gasteiger partial charge in [-0.3, -0.25) is 4.79 Å². The molecule has 0 bridgehead atoms. The number of rotatable bonds is 4. The van der Waals surface area contributed by atoms with Crippen LogP contribution in [0.4, 0.5) is 0 Å². The summed E-state index contributed by atoms with van der Waals surface area (Å²) in [5.41, 5.74) is 0. The average Bonchev–Trinajstić information content (AvgIpc) is 1.89. The highest BCUT2D eigenvalue weighted by Gasteiger charge is 2.13. The van der Waals surface area contributed by atoms with Crippen LogP contribution in [0.5, 0.6) is 0 Å². The molecule has 10 heavy (non-hydrogen) atoms. The van der Waals surface area contributed by atoms with Gasteiger partial charge in [-0.05, 0) is 13.3 Å². The molecule has 0 fully saturated rings. The van der Waals surface area contributed by atoms with E-state index in [1.54, 1.807) is 6.92 Å². The zero-order valence-corrected chi connectivity index (χ0v) is 6.52. The zero-order valence-electron chi connectivity index (χ0n) is 6.52. The van der Waals surface area contributed by atoms with Crippen molar-refractivity contribution in [2.75, 3.05) is 6.54 Å². The van der Waals surface area contributed by atoms with E-state index in [1.807, 2.05) is 6.92 Å². The van der Waals surface area contributed by atoms with Crippen LogP contribution < -0.4 is 5.32 Å². The molecule has 0 aliphatic rings. The summed E-state index contributed by atoms with van der Waals surface area (Å²) < 4.78 is 0. The lowest BCUT2D eigenvalue weighted by Crippen LogP contribution is -2.33. The summed E-state index contributed by atoms with van der Waals surface area (Å²) in [6.07, 6.45) is 0.141. The summed E-state index contributed by atoms with van der Waals surface area (Å²) in [5.74, 6) is -0.371. The van der Waals surface area contributed by atoms with Gasteiger partial charge in [-0.15, -0.1) is 0 Å². The van der Waals surface area contributed by atoms with Crippen LogP contribution in [0.25, 0.3) is 0 Å². The molecule has 0 saturated heterocycles. The van der Waals surface area contributed by atoms with Gasteiger partial charge in [0.25, 0.3) is 5.91 Å². The summed E-state index contributed by atoms with van der Waals surface area (Å²) in [6.45, 7) is 4.24. The molecule has 0 heterocycles. The molecule has 3 nitrogen and oxygen atoms in total. The lowest BCUT2D eigenvalue weighted by Gasteiger charge is -2.05. The van der Waals surface area contributed by atoms with Gasteiger partial charge in [-0.2, -0.15) is 0 Å². The van der Waals surface area contributed by atoms with E-state index >= 15 is 0 Å². The fraction of sp³-hybridized carbons (Fsp3) is 0.857. The van der Waals surface area contributed by atoms with Crippen LogP contribution in [-0.4, -0.2) is 18.6 Å². The summed E-state index contributed by atoms with van der Waals surface area (Å²) in [6, 6.07) is 0. The van der Waals surface area contributed by atoms with Crippen molar-refractivity contribution in [3.05, 3.63) is 0 Å². The smallest absolute Gasteiger partial charge is 0.252 e. The van der Waals surface area contributed by atoms with E-state index in [0.717, 1.165) is 6.42 Å². The standard InChI is InChI=1S/C7H14NO2/c1-3-5-6(9)7(10)8-4-2/h6H,3-5H2,1-2H3,(H,8,10). The van der Waals surface area contributed by atoms with Crippen LogP contribution in [0.1, 0.15) is 26.7 Å². The normalized spacial score (nSPS) is 12.7. The van der Waals surface area contributed by atoms with Crippen molar-refractivity contribution in [2.45, 2.75) is 32.8 Å². The maximum atomic E-state index is 10.8.